The molecular formula is C10H22N4O. The molecule has 1 aliphatic rings. The van der Waals surface area contributed by atoms with Crippen LogP contribution < -0.4 is 11.3 Å². The molecular weight excluding hydrogens is 192 g/mol. The van der Waals surface area contributed by atoms with E-state index in [-0.39, 0.29) is 0 Å². The van der Waals surface area contributed by atoms with Gasteiger partial charge in [-0.05, 0) is 25.7 Å². The molecule has 1 fully saturated rings. The van der Waals surface area contributed by atoms with Crippen LogP contribution in [0.1, 0.15) is 19.8 Å². The lowest BCUT2D eigenvalue weighted by atomic mass is 10.00. The summed E-state index contributed by atoms with van der Waals surface area (Å²) in [6, 6.07) is 0. The molecule has 1 rings (SSSR count). The number of hydrogen-bond acceptors (Lipinski definition) is 3. The number of ether oxygens (including phenoxy) is 1. The predicted molar refractivity (Wildman–Crippen MR) is 61.5 cm³/mol. The van der Waals surface area contributed by atoms with Gasteiger partial charge in [-0.25, -0.2) is 5.84 Å². The maximum atomic E-state index is 5.42. The summed E-state index contributed by atoms with van der Waals surface area (Å²) in [4.78, 5) is 6.37. The van der Waals surface area contributed by atoms with E-state index in [1.54, 1.807) is 0 Å². The first-order valence-electron chi connectivity index (χ1n) is 5.57. The molecule has 0 spiro atoms. The number of hydrogen-bond donors (Lipinski definition) is 2. The van der Waals surface area contributed by atoms with E-state index in [1.165, 1.54) is 0 Å². The molecule has 0 amide bonds. The van der Waals surface area contributed by atoms with Gasteiger partial charge in [0.15, 0.2) is 0 Å². The van der Waals surface area contributed by atoms with Gasteiger partial charge in [0.1, 0.15) is 0 Å². The quantitative estimate of drug-likeness (QED) is 0.304. The van der Waals surface area contributed by atoms with Crippen molar-refractivity contribution in [1.29, 1.82) is 0 Å². The van der Waals surface area contributed by atoms with Crippen LogP contribution in [0.15, 0.2) is 4.99 Å². The third kappa shape index (κ3) is 4.05. The first-order valence-corrected chi connectivity index (χ1v) is 5.57. The van der Waals surface area contributed by atoms with Crippen molar-refractivity contribution in [3.8, 4) is 0 Å². The lowest BCUT2D eigenvalue weighted by Crippen LogP contribution is -2.45. The molecule has 88 valence electrons. The Morgan fingerprint density at radius 1 is 1.53 bits per heavy atom. The number of nitrogens with one attached hydrogen (secondary N) is 1. The smallest absolute Gasteiger partial charge is 0.208 e. The molecule has 0 saturated carbocycles. The molecule has 15 heavy (non-hydrogen) atoms. The molecule has 5 nitrogen and oxygen atoms in total. The Balaban J connectivity index is 2.38. The van der Waals surface area contributed by atoms with Crippen molar-refractivity contribution in [2.24, 2.45) is 16.8 Å². The van der Waals surface area contributed by atoms with E-state index < -0.39 is 0 Å². The fraction of sp³-hybridized carbons (Fsp3) is 0.900. The lowest BCUT2D eigenvalue weighted by molar-refractivity contribution is 0.0610. The van der Waals surface area contributed by atoms with Gasteiger partial charge in [0.25, 0.3) is 0 Å². The summed E-state index contributed by atoms with van der Waals surface area (Å²) in [5.41, 5.74) is 2.64. The van der Waals surface area contributed by atoms with Gasteiger partial charge in [-0.2, -0.15) is 0 Å². The Labute approximate surface area is 91.6 Å². The molecule has 0 aromatic rings. The standard InChI is InChI=1S/C10H22N4O/c1-3-12-10(13-11)14(2)8-9-4-6-15-7-5-9/h9H,3-8,11H2,1-2H3,(H,12,13). The molecule has 0 unspecified atom stereocenters. The summed E-state index contributed by atoms with van der Waals surface area (Å²) in [5, 5.41) is 0. The van der Waals surface area contributed by atoms with Crippen molar-refractivity contribution >= 4 is 5.96 Å². The number of hydrazine groups is 1. The van der Waals surface area contributed by atoms with Gasteiger partial charge < -0.3 is 9.64 Å². The van der Waals surface area contributed by atoms with Gasteiger partial charge in [-0.15, -0.1) is 0 Å². The van der Waals surface area contributed by atoms with Crippen LogP contribution in [0.25, 0.3) is 0 Å². The molecule has 1 aliphatic heterocycles. The van der Waals surface area contributed by atoms with Crippen molar-refractivity contribution in [2.45, 2.75) is 19.8 Å². The van der Waals surface area contributed by atoms with Crippen molar-refractivity contribution < 1.29 is 4.74 Å². The largest absolute Gasteiger partial charge is 0.381 e. The maximum Gasteiger partial charge on any atom is 0.208 e. The van der Waals surface area contributed by atoms with Crippen molar-refractivity contribution in [2.75, 3.05) is 33.4 Å². The topological polar surface area (TPSA) is 62.9 Å². The average molecular weight is 214 g/mol. The SMILES string of the molecule is CCN=C(NN)N(C)CC1CCOCC1. The third-order valence-electron chi connectivity index (χ3n) is 2.67. The van der Waals surface area contributed by atoms with Gasteiger partial charge in [-0.1, -0.05) is 0 Å². The Hall–Kier alpha value is -0.810. The molecule has 0 radical (unpaired) electrons. The van der Waals surface area contributed by atoms with Gasteiger partial charge in [0.2, 0.25) is 5.96 Å². The van der Waals surface area contributed by atoms with Crippen molar-refractivity contribution in [1.82, 2.24) is 10.3 Å². The molecule has 0 aliphatic carbocycles. The van der Waals surface area contributed by atoms with E-state index in [0.29, 0.717) is 5.92 Å². The zero-order valence-corrected chi connectivity index (χ0v) is 9.70. The summed E-state index contributed by atoms with van der Waals surface area (Å²) in [7, 11) is 2.02. The molecule has 5 heteroatoms. The summed E-state index contributed by atoms with van der Waals surface area (Å²) in [5.74, 6) is 6.88. The second-order valence-electron chi connectivity index (χ2n) is 3.88. The summed E-state index contributed by atoms with van der Waals surface area (Å²) in [6.45, 7) is 5.51. The zero-order valence-electron chi connectivity index (χ0n) is 9.70. The van der Waals surface area contributed by atoms with E-state index in [4.69, 9.17) is 10.6 Å². The van der Waals surface area contributed by atoms with Gasteiger partial charge in [0.05, 0.1) is 0 Å². The average Bonchev–Trinajstić information content (AvgIpc) is 2.27. The van der Waals surface area contributed by atoms with Crippen LogP contribution in [0.2, 0.25) is 0 Å². The van der Waals surface area contributed by atoms with E-state index in [0.717, 1.165) is 45.1 Å². The normalized spacial score (nSPS) is 19.0. The fourth-order valence-electron chi connectivity index (χ4n) is 1.83. The first kappa shape index (κ1) is 12.3. The Morgan fingerprint density at radius 3 is 2.73 bits per heavy atom. The minimum atomic E-state index is 0.694. The molecule has 1 heterocycles. The van der Waals surface area contributed by atoms with Crippen molar-refractivity contribution in [3.05, 3.63) is 0 Å². The Kier molecular flexibility index (Phi) is 5.42. The second-order valence-corrected chi connectivity index (χ2v) is 3.88. The molecule has 0 aromatic heterocycles. The number of nitrogens with zero attached hydrogens (tertiary/aromatic N) is 2. The monoisotopic (exact) mass is 214 g/mol. The lowest BCUT2D eigenvalue weighted by Gasteiger charge is -2.28. The van der Waals surface area contributed by atoms with Crippen LogP contribution in [-0.4, -0.2) is 44.2 Å². The van der Waals surface area contributed by atoms with Crippen LogP contribution in [0.5, 0.6) is 0 Å². The van der Waals surface area contributed by atoms with E-state index in [2.05, 4.69) is 15.3 Å². The number of nitrogens with two attached hydrogens (primary N) is 1. The Morgan fingerprint density at radius 2 is 2.20 bits per heavy atom. The number of rotatable bonds is 3. The molecule has 0 bridgehead atoms. The Bertz CT molecular complexity index is 202. The zero-order chi connectivity index (χ0) is 11.1. The van der Waals surface area contributed by atoms with Gasteiger partial charge >= 0.3 is 0 Å². The van der Waals surface area contributed by atoms with E-state index in [1.807, 2.05) is 14.0 Å². The highest BCUT2D eigenvalue weighted by Crippen LogP contribution is 2.15. The molecule has 1 saturated heterocycles. The molecule has 3 N–H and O–H groups in total. The molecule has 0 atom stereocenters. The maximum absolute atomic E-state index is 5.42. The fourth-order valence-corrected chi connectivity index (χ4v) is 1.83. The van der Waals surface area contributed by atoms with Crippen LogP contribution in [-0.2, 0) is 4.74 Å². The van der Waals surface area contributed by atoms with E-state index in [9.17, 15) is 0 Å². The van der Waals surface area contributed by atoms with Gasteiger partial charge in [-0.3, -0.25) is 10.4 Å². The van der Waals surface area contributed by atoms with Crippen LogP contribution in [0.4, 0.5) is 0 Å². The summed E-state index contributed by atoms with van der Waals surface area (Å²) < 4.78 is 5.33. The second kappa shape index (κ2) is 6.63. The third-order valence-corrected chi connectivity index (χ3v) is 2.67. The van der Waals surface area contributed by atoms with Crippen LogP contribution >= 0.6 is 0 Å². The summed E-state index contributed by atoms with van der Waals surface area (Å²) >= 11 is 0. The van der Waals surface area contributed by atoms with E-state index >= 15 is 0 Å². The number of guanidine groups is 1. The minimum absolute atomic E-state index is 0.694. The van der Waals surface area contributed by atoms with Crippen LogP contribution in [0.3, 0.4) is 0 Å². The molecule has 0 aromatic carbocycles. The van der Waals surface area contributed by atoms with Crippen molar-refractivity contribution in [3.63, 3.8) is 0 Å². The number of aliphatic imine (C=N–C) groups is 1. The summed E-state index contributed by atoms with van der Waals surface area (Å²) in [6.07, 6.45) is 2.27. The van der Waals surface area contributed by atoms with Crippen LogP contribution in [0, 0.1) is 5.92 Å². The first-order chi connectivity index (χ1) is 7.27. The highest BCUT2D eigenvalue weighted by molar-refractivity contribution is 5.79. The minimum Gasteiger partial charge on any atom is -0.381 e. The van der Waals surface area contributed by atoms with Gasteiger partial charge in [0, 0.05) is 33.4 Å². The highest BCUT2D eigenvalue weighted by atomic mass is 16.5. The predicted octanol–water partition coefficient (Wildman–Crippen LogP) is 0.184. The highest BCUT2D eigenvalue weighted by Gasteiger charge is 2.17.